The molecule has 2 rings (SSSR count). The standard InChI is InChI=1S/C14H19N3/c1-2-3-12-6-8-17(9-7-12)14-5-4-13(10-15)11-16-14/h4-5,11-12H,2-3,6-9H2,1H3. The lowest BCUT2D eigenvalue weighted by atomic mass is 9.92. The Morgan fingerprint density at radius 3 is 2.71 bits per heavy atom. The van der Waals surface area contributed by atoms with Gasteiger partial charge in [-0.3, -0.25) is 0 Å². The van der Waals surface area contributed by atoms with Crippen molar-refractivity contribution in [2.75, 3.05) is 18.0 Å². The van der Waals surface area contributed by atoms with Crippen LogP contribution in [0.4, 0.5) is 5.82 Å². The van der Waals surface area contributed by atoms with Gasteiger partial charge in [0.25, 0.3) is 0 Å². The van der Waals surface area contributed by atoms with Crippen molar-refractivity contribution in [3.8, 4) is 6.07 Å². The van der Waals surface area contributed by atoms with Gasteiger partial charge in [-0.05, 0) is 30.9 Å². The van der Waals surface area contributed by atoms with Crippen molar-refractivity contribution in [3.63, 3.8) is 0 Å². The number of nitrogens with zero attached hydrogens (tertiary/aromatic N) is 3. The third kappa shape index (κ3) is 2.97. The van der Waals surface area contributed by atoms with Crippen molar-refractivity contribution in [2.45, 2.75) is 32.6 Å². The van der Waals surface area contributed by atoms with Crippen molar-refractivity contribution in [2.24, 2.45) is 5.92 Å². The number of nitriles is 1. The lowest BCUT2D eigenvalue weighted by molar-refractivity contribution is 0.377. The molecule has 0 amide bonds. The van der Waals surface area contributed by atoms with E-state index in [1.165, 1.54) is 25.7 Å². The molecule has 3 nitrogen and oxygen atoms in total. The molecule has 0 N–H and O–H groups in total. The summed E-state index contributed by atoms with van der Waals surface area (Å²) in [5.74, 6) is 1.91. The fourth-order valence-electron chi connectivity index (χ4n) is 2.50. The molecule has 0 aliphatic carbocycles. The molecular weight excluding hydrogens is 210 g/mol. The van der Waals surface area contributed by atoms with Gasteiger partial charge >= 0.3 is 0 Å². The van der Waals surface area contributed by atoms with Gasteiger partial charge in [0.05, 0.1) is 5.56 Å². The smallest absolute Gasteiger partial charge is 0.128 e. The van der Waals surface area contributed by atoms with Crippen LogP contribution in [0.1, 0.15) is 38.2 Å². The molecule has 0 spiro atoms. The highest BCUT2D eigenvalue weighted by molar-refractivity contribution is 5.42. The van der Waals surface area contributed by atoms with E-state index in [1.54, 1.807) is 6.20 Å². The van der Waals surface area contributed by atoms with Crippen LogP contribution in [0.3, 0.4) is 0 Å². The van der Waals surface area contributed by atoms with Gasteiger partial charge < -0.3 is 4.90 Å². The predicted molar refractivity (Wildman–Crippen MR) is 68.8 cm³/mol. The van der Waals surface area contributed by atoms with Crippen LogP contribution in [0.15, 0.2) is 18.3 Å². The molecule has 1 aromatic rings. The monoisotopic (exact) mass is 229 g/mol. The third-order valence-corrected chi connectivity index (χ3v) is 3.51. The first-order chi connectivity index (χ1) is 8.33. The molecule has 1 aliphatic heterocycles. The van der Waals surface area contributed by atoms with E-state index in [0.717, 1.165) is 24.8 Å². The Hall–Kier alpha value is -1.56. The zero-order valence-electron chi connectivity index (χ0n) is 10.4. The zero-order chi connectivity index (χ0) is 12.1. The molecule has 0 aromatic carbocycles. The van der Waals surface area contributed by atoms with Crippen LogP contribution in [0.25, 0.3) is 0 Å². The molecule has 17 heavy (non-hydrogen) atoms. The Labute approximate surface area is 103 Å². The molecule has 90 valence electrons. The Morgan fingerprint density at radius 2 is 2.18 bits per heavy atom. The number of piperidine rings is 1. The van der Waals surface area contributed by atoms with Crippen LogP contribution < -0.4 is 4.90 Å². The van der Waals surface area contributed by atoms with Crippen LogP contribution in [0.5, 0.6) is 0 Å². The second kappa shape index (κ2) is 5.67. The van der Waals surface area contributed by atoms with Crippen molar-refractivity contribution < 1.29 is 0 Å². The third-order valence-electron chi connectivity index (χ3n) is 3.51. The first-order valence-electron chi connectivity index (χ1n) is 6.44. The van der Waals surface area contributed by atoms with Crippen LogP contribution in [0.2, 0.25) is 0 Å². The van der Waals surface area contributed by atoms with Gasteiger partial charge in [-0.15, -0.1) is 0 Å². The number of hydrogen-bond acceptors (Lipinski definition) is 3. The summed E-state index contributed by atoms with van der Waals surface area (Å²) in [6.45, 7) is 4.46. The summed E-state index contributed by atoms with van der Waals surface area (Å²) >= 11 is 0. The number of rotatable bonds is 3. The highest BCUT2D eigenvalue weighted by Crippen LogP contribution is 2.24. The van der Waals surface area contributed by atoms with Gasteiger partial charge in [-0.1, -0.05) is 19.8 Å². The molecule has 3 heteroatoms. The first kappa shape index (κ1) is 11.9. The second-order valence-electron chi connectivity index (χ2n) is 4.74. The van der Waals surface area contributed by atoms with Gasteiger partial charge in [0.1, 0.15) is 11.9 Å². The van der Waals surface area contributed by atoms with Crippen molar-refractivity contribution >= 4 is 5.82 Å². The Kier molecular flexibility index (Phi) is 3.98. The van der Waals surface area contributed by atoms with Gasteiger partial charge in [0, 0.05) is 19.3 Å². The van der Waals surface area contributed by atoms with E-state index < -0.39 is 0 Å². The maximum absolute atomic E-state index is 8.73. The minimum absolute atomic E-state index is 0.634. The molecular formula is C14H19N3. The number of anilines is 1. The fraction of sp³-hybridized carbons (Fsp3) is 0.571. The topological polar surface area (TPSA) is 39.9 Å². The fourth-order valence-corrected chi connectivity index (χ4v) is 2.50. The molecule has 0 atom stereocenters. The molecule has 1 aliphatic rings. The van der Waals surface area contributed by atoms with E-state index in [2.05, 4.69) is 22.9 Å². The van der Waals surface area contributed by atoms with Crippen LogP contribution in [-0.4, -0.2) is 18.1 Å². The van der Waals surface area contributed by atoms with E-state index in [0.29, 0.717) is 5.56 Å². The molecule has 0 saturated carbocycles. The normalized spacial score (nSPS) is 16.8. The lowest BCUT2D eigenvalue weighted by Gasteiger charge is -2.32. The lowest BCUT2D eigenvalue weighted by Crippen LogP contribution is -2.34. The van der Waals surface area contributed by atoms with E-state index >= 15 is 0 Å². The Morgan fingerprint density at radius 1 is 1.41 bits per heavy atom. The van der Waals surface area contributed by atoms with Crippen molar-refractivity contribution in [1.82, 2.24) is 4.98 Å². The summed E-state index contributed by atoms with van der Waals surface area (Å²) in [5.41, 5.74) is 0.634. The first-order valence-corrected chi connectivity index (χ1v) is 6.44. The van der Waals surface area contributed by atoms with Crippen molar-refractivity contribution in [3.05, 3.63) is 23.9 Å². The second-order valence-corrected chi connectivity index (χ2v) is 4.74. The van der Waals surface area contributed by atoms with Gasteiger partial charge in [0.15, 0.2) is 0 Å². The number of aromatic nitrogens is 1. The van der Waals surface area contributed by atoms with Crippen LogP contribution in [-0.2, 0) is 0 Å². The van der Waals surface area contributed by atoms with E-state index in [4.69, 9.17) is 5.26 Å². The predicted octanol–water partition coefficient (Wildman–Crippen LogP) is 2.97. The maximum Gasteiger partial charge on any atom is 0.128 e. The summed E-state index contributed by atoms with van der Waals surface area (Å²) in [6, 6.07) is 5.90. The van der Waals surface area contributed by atoms with Crippen LogP contribution >= 0.6 is 0 Å². The molecule has 1 saturated heterocycles. The van der Waals surface area contributed by atoms with E-state index in [-0.39, 0.29) is 0 Å². The van der Waals surface area contributed by atoms with Crippen molar-refractivity contribution in [1.29, 1.82) is 5.26 Å². The maximum atomic E-state index is 8.73. The molecule has 0 unspecified atom stereocenters. The highest BCUT2D eigenvalue weighted by atomic mass is 15.2. The average Bonchev–Trinajstić information content (AvgIpc) is 2.40. The summed E-state index contributed by atoms with van der Waals surface area (Å²) in [6.07, 6.45) is 6.85. The summed E-state index contributed by atoms with van der Waals surface area (Å²) < 4.78 is 0. The molecule has 1 fully saturated rings. The molecule has 0 radical (unpaired) electrons. The summed E-state index contributed by atoms with van der Waals surface area (Å²) in [4.78, 5) is 6.67. The quantitative estimate of drug-likeness (QED) is 0.800. The van der Waals surface area contributed by atoms with Gasteiger partial charge in [-0.25, -0.2) is 4.98 Å². The highest BCUT2D eigenvalue weighted by Gasteiger charge is 2.19. The molecule has 1 aromatic heterocycles. The minimum Gasteiger partial charge on any atom is -0.357 e. The summed E-state index contributed by atoms with van der Waals surface area (Å²) in [5, 5.41) is 8.73. The van der Waals surface area contributed by atoms with E-state index in [9.17, 15) is 0 Å². The SMILES string of the molecule is CCCC1CCN(c2ccc(C#N)cn2)CC1. The van der Waals surface area contributed by atoms with Gasteiger partial charge in [0.2, 0.25) is 0 Å². The Bertz CT molecular complexity index is 383. The largest absolute Gasteiger partial charge is 0.357 e. The number of pyridine rings is 1. The average molecular weight is 229 g/mol. The minimum atomic E-state index is 0.634. The van der Waals surface area contributed by atoms with E-state index in [1.807, 2.05) is 12.1 Å². The Balaban J connectivity index is 1.94. The van der Waals surface area contributed by atoms with Crippen LogP contribution in [0, 0.1) is 17.2 Å². The van der Waals surface area contributed by atoms with Gasteiger partial charge in [-0.2, -0.15) is 5.26 Å². The molecule has 0 bridgehead atoms. The number of hydrogen-bond donors (Lipinski definition) is 0. The summed E-state index contributed by atoms with van der Waals surface area (Å²) in [7, 11) is 0. The molecule has 2 heterocycles. The zero-order valence-corrected chi connectivity index (χ0v) is 10.4.